The molecule has 3 rings (SSSR count). The van der Waals surface area contributed by atoms with Gasteiger partial charge >= 0.3 is 0 Å². The Morgan fingerprint density at radius 1 is 1.33 bits per heavy atom. The summed E-state index contributed by atoms with van der Waals surface area (Å²) in [5.41, 5.74) is 1.42. The van der Waals surface area contributed by atoms with Crippen LogP contribution in [0.15, 0.2) is 41.7 Å². The maximum atomic E-state index is 11.8. The zero-order valence-corrected chi connectivity index (χ0v) is 9.62. The van der Waals surface area contributed by atoms with E-state index < -0.39 is 0 Å². The Hall–Kier alpha value is -2.63. The minimum absolute atomic E-state index is 0.222. The zero-order chi connectivity index (χ0) is 12.5. The Kier molecular flexibility index (Phi) is 2.33. The molecule has 2 heterocycles. The molecule has 0 aliphatic carbocycles. The van der Waals surface area contributed by atoms with E-state index in [-0.39, 0.29) is 5.56 Å². The third-order valence-corrected chi connectivity index (χ3v) is 2.68. The van der Waals surface area contributed by atoms with Crippen molar-refractivity contribution < 1.29 is 4.74 Å². The fourth-order valence-corrected chi connectivity index (χ4v) is 1.82. The first-order chi connectivity index (χ1) is 8.79. The van der Waals surface area contributed by atoms with Gasteiger partial charge in [0, 0.05) is 6.07 Å². The number of benzene rings is 1. The second-order valence-electron chi connectivity index (χ2n) is 3.72. The SMILES string of the molecule is COc1cccc(-n2cnc3nc[nH]c(=O)c32)c1. The summed E-state index contributed by atoms with van der Waals surface area (Å²) in [6.07, 6.45) is 2.91. The highest BCUT2D eigenvalue weighted by Crippen LogP contribution is 2.18. The molecule has 0 aliphatic heterocycles. The van der Waals surface area contributed by atoms with Crippen molar-refractivity contribution in [3.8, 4) is 11.4 Å². The molecule has 0 spiro atoms. The number of aromatic nitrogens is 4. The summed E-state index contributed by atoms with van der Waals surface area (Å²) in [5.74, 6) is 0.717. The second kappa shape index (κ2) is 3.99. The standard InChI is InChI=1S/C12H10N4O2/c1-18-9-4-2-3-8(5-9)16-7-15-11-10(16)12(17)14-6-13-11/h2-7H,1H3,(H,13,14,17). The lowest BCUT2D eigenvalue weighted by Gasteiger charge is -2.05. The first kappa shape index (κ1) is 10.5. The van der Waals surface area contributed by atoms with Crippen molar-refractivity contribution in [3.05, 3.63) is 47.3 Å². The molecule has 0 amide bonds. The number of nitrogens with zero attached hydrogens (tertiary/aromatic N) is 3. The van der Waals surface area contributed by atoms with E-state index >= 15 is 0 Å². The van der Waals surface area contributed by atoms with E-state index in [1.54, 1.807) is 18.0 Å². The smallest absolute Gasteiger partial charge is 0.277 e. The molecule has 0 radical (unpaired) electrons. The summed E-state index contributed by atoms with van der Waals surface area (Å²) < 4.78 is 6.84. The summed E-state index contributed by atoms with van der Waals surface area (Å²) in [6.45, 7) is 0. The van der Waals surface area contributed by atoms with Crippen LogP contribution in [-0.4, -0.2) is 26.6 Å². The molecule has 0 unspecified atom stereocenters. The highest BCUT2D eigenvalue weighted by molar-refractivity contribution is 5.71. The molecular formula is C12H10N4O2. The Labute approximate surface area is 102 Å². The fourth-order valence-electron chi connectivity index (χ4n) is 1.82. The van der Waals surface area contributed by atoms with Crippen molar-refractivity contribution in [1.29, 1.82) is 0 Å². The summed E-state index contributed by atoms with van der Waals surface area (Å²) >= 11 is 0. The maximum absolute atomic E-state index is 11.8. The van der Waals surface area contributed by atoms with Crippen molar-refractivity contribution in [2.75, 3.05) is 7.11 Å². The number of imidazole rings is 1. The van der Waals surface area contributed by atoms with Crippen LogP contribution in [0.2, 0.25) is 0 Å². The summed E-state index contributed by atoms with van der Waals surface area (Å²) in [5, 5.41) is 0. The molecule has 2 aromatic heterocycles. The van der Waals surface area contributed by atoms with Gasteiger partial charge in [-0.05, 0) is 12.1 Å². The number of aromatic amines is 1. The predicted octanol–water partition coefficient (Wildman–Crippen LogP) is 1.12. The fraction of sp³-hybridized carbons (Fsp3) is 0.0833. The number of fused-ring (bicyclic) bond motifs is 1. The van der Waals surface area contributed by atoms with Gasteiger partial charge in [0.05, 0.1) is 19.1 Å². The van der Waals surface area contributed by atoms with Gasteiger partial charge in [0.1, 0.15) is 12.1 Å². The van der Waals surface area contributed by atoms with Gasteiger partial charge in [-0.15, -0.1) is 0 Å². The van der Waals surface area contributed by atoms with Crippen LogP contribution in [0.3, 0.4) is 0 Å². The zero-order valence-electron chi connectivity index (χ0n) is 9.62. The Bertz CT molecular complexity index is 760. The molecule has 6 nitrogen and oxygen atoms in total. The number of nitrogens with one attached hydrogen (secondary N) is 1. The average molecular weight is 242 g/mol. The van der Waals surface area contributed by atoms with Gasteiger partial charge in [-0.25, -0.2) is 9.97 Å². The molecule has 3 aromatic rings. The molecule has 0 fully saturated rings. The third kappa shape index (κ3) is 1.55. The van der Waals surface area contributed by atoms with E-state index in [0.29, 0.717) is 11.2 Å². The molecule has 0 atom stereocenters. The quantitative estimate of drug-likeness (QED) is 0.730. The number of hydrogen-bond acceptors (Lipinski definition) is 4. The van der Waals surface area contributed by atoms with Crippen molar-refractivity contribution in [2.45, 2.75) is 0 Å². The monoisotopic (exact) mass is 242 g/mol. The highest BCUT2D eigenvalue weighted by Gasteiger charge is 2.09. The normalized spacial score (nSPS) is 10.7. The van der Waals surface area contributed by atoms with Crippen LogP contribution in [0.25, 0.3) is 16.9 Å². The molecular weight excluding hydrogens is 232 g/mol. The van der Waals surface area contributed by atoms with E-state index in [1.165, 1.54) is 6.33 Å². The van der Waals surface area contributed by atoms with Crippen molar-refractivity contribution >= 4 is 11.2 Å². The van der Waals surface area contributed by atoms with Gasteiger partial charge < -0.3 is 9.72 Å². The van der Waals surface area contributed by atoms with Crippen LogP contribution < -0.4 is 10.3 Å². The Morgan fingerprint density at radius 2 is 2.22 bits per heavy atom. The highest BCUT2D eigenvalue weighted by atomic mass is 16.5. The molecule has 18 heavy (non-hydrogen) atoms. The maximum Gasteiger partial charge on any atom is 0.277 e. The Balaban J connectivity index is 2.28. The van der Waals surface area contributed by atoms with Crippen LogP contribution >= 0.6 is 0 Å². The molecule has 1 N–H and O–H groups in total. The van der Waals surface area contributed by atoms with Crippen LogP contribution in [-0.2, 0) is 0 Å². The summed E-state index contributed by atoms with van der Waals surface area (Å²) in [7, 11) is 1.60. The number of H-pyrrole nitrogens is 1. The number of rotatable bonds is 2. The van der Waals surface area contributed by atoms with E-state index in [4.69, 9.17) is 4.74 Å². The van der Waals surface area contributed by atoms with Crippen LogP contribution in [0.5, 0.6) is 5.75 Å². The van der Waals surface area contributed by atoms with E-state index in [2.05, 4.69) is 15.0 Å². The van der Waals surface area contributed by atoms with Gasteiger partial charge in [0.15, 0.2) is 11.2 Å². The van der Waals surface area contributed by atoms with Crippen LogP contribution in [0.4, 0.5) is 0 Å². The minimum atomic E-state index is -0.222. The summed E-state index contributed by atoms with van der Waals surface area (Å²) in [6, 6.07) is 7.39. The first-order valence-corrected chi connectivity index (χ1v) is 5.35. The van der Waals surface area contributed by atoms with Gasteiger partial charge in [-0.2, -0.15) is 0 Å². The van der Waals surface area contributed by atoms with Crippen molar-refractivity contribution in [3.63, 3.8) is 0 Å². The van der Waals surface area contributed by atoms with Crippen LogP contribution in [0, 0.1) is 0 Å². The Morgan fingerprint density at radius 3 is 3.06 bits per heavy atom. The number of hydrogen-bond donors (Lipinski definition) is 1. The first-order valence-electron chi connectivity index (χ1n) is 5.35. The lowest BCUT2D eigenvalue weighted by atomic mass is 10.3. The van der Waals surface area contributed by atoms with E-state index in [9.17, 15) is 4.79 Å². The number of ether oxygens (including phenoxy) is 1. The predicted molar refractivity (Wildman–Crippen MR) is 66.0 cm³/mol. The molecule has 1 aromatic carbocycles. The lowest BCUT2D eigenvalue weighted by molar-refractivity contribution is 0.414. The topological polar surface area (TPSA) is 72.8 Å². The molecule has 0 saturated heterocycles. The lowest BCUT2D eigenvalue weighted by Crippen LogP contribution is -2.10. The van der Waals surface area contributed by atoms with Crippen molar-refractivity contribution in [1.82, 2.24) is 19.5 Å². The number of methoxy groups -OCH3 is 1. The largest absolute Gasteiger partial charge is 0.497 e. The van der Waals surface area contributed by atoms with Gasteiger partial charge in [0.2, 0.25) is 0 Å². The minimum Gasteiger partial charge on any atom is -0.497 e. The molecule has 0 saturated carbocycles. The molecule has 0 bridgehead atoms. The van der Waals surface area contributed by atoms with Gasteiger partial charge in [-0.3, -0.25) is 9.36 Å². The van der Waals surface area contributed by atoms with Crippen molar-refractivity contribution in [2.24, 2.45) is 0 Å². The van der Waals surface area contributed by atoms with E-state index in [0.717, 1.165) is 11.4 Å². The molecule has 90 valence electrons. The average Bonchev–Trinajstić information content (AvgIpc) is 2.84. The van der Waals surface area contributed by atoms with E-state index in [1.807, 2.05) is 24.3 Å². The third-order valence-electron chi connectivity index (χ3n) is 2.68. The molecule has 0 aliphatic rings. The molecule has 6 heteroatoms. The van der Waals surface area contributed by atoms with Gasteiger partial charge in [-0.1, -0.05) is 6.07 Å². The second-order valence-corrected chi connectivity index (χ2v) is 3.72. The summed E-state index contributed by atoms with van der Waals surface area (Å²) in [4.78, 5) is 22.5. The van der Waals surface area contributed by atoms with Crippen LogP contribution in [0.1, 0.15) is 0 Å². The van der Waals surface area contributed by atoms with Gasteiger partial charge in [0.25, 0.3) is 5.56 Å².